The number of nitro benzene ring substituents is 1. The first-order valence-electron chi connectivity index (χ1n) is 6.67. The molecule has 9 heteroatoms. The Morgan fingerprint density at radius 1 is 1.04 bits per heavy atom. The molecule has 0 aliphatic carbocycles. The number of hydrogen-bond acceptors (Lipinski definition) is 6. The third-order valence-corrected chi connectivity index (χ3v) is 4.62. The zero-order chi connectivity index (χ0) is 17.3. The van der Waals surface area contributed by atoms with E-state index in [1.165, 1.54) is 6.07 Å². The third-order valence-electron chi connectivity index (χ3n) is 3.24. The molecule has 24 heavy (non-hydrogen) atoms. The molecule has 0 aliphatic heterocycles. The van der Waals surface area contributed by atoms with Gasteiger partial charge in [0.2, 0.25) is 0 Å². The van der Waals surface area contributed by atoms with Crippen molar-refractivity contribution in [1.82, 2.24) is 0 Å². The van der Waals surface area contributed by atoms with Gasteiger partial charge in [-0.25, -0.2) is 13.2 Å². The molecule has 1 heterocycles. The first-order valence-corrected chi connectivity index (χ1v) is 8.15. The van der Waals surface area contributed by atoms with Gasteiger partial charge in [0, 0.05) is 17.5 Å². The maximum atomic E-state index is 12.3. The largest absolute Gasteiger partial charge is 0.421 e. The molecule has 0 unspecified atom stereocenters. The quantitative estimate of drug-likeness (QED) is 0.440. The van der Waals surface area contributed by atoms with Gasteiger partial charge in [-0.1, -0.05) is 18.2 Å². The highest BCUT2D eigenvalue weighted by molar-refractivity contribution is 7.92. The van der Waals surface area contributed by atoms with Crippen molar-refractivity contribution in [3.8, 4) is 0 Å². The average molecular weight is 346 g/mol. The van der Waals surface area contributed by atoms with Crippen LogP contribution in [-0.2, 0) is 10.0 Å². The Kier molecular flexibility index (Phi) is 3.78. The molecule has 0 aliphatic rings. The Balaban J connectivity index is 1.98. The van der Waals surface area contributed by atoms with Crippen molar-refractivity contribution in [2.24, 2.45) is 0 Å². The topological polar surface area (TPSA) is 120 Å². The van der Waals surface area contributed by atoms with Gasteiger partial charge in [0.1, 0.15) is 11.3 Å². The fourth-order valence-electron chi connectivity index (χ4n) is 2.08. The number of fused-ring (bicyclic) bond motifs is 1. The van der Waals surface area contributed by atoms with Crippen molar-refractivity contribution < 1.29 is 17.8 Å². The van der Waals surface area contributed by atoms with Crippen LogP contribution in [0.2, 0.25) is 0 Å². The van der Waals surface area contributed by atoms with Gasteiger partial charge in [0.05, 0.1) is 9.82 Å². The van der Waals surface area contributed by atoms with Crippen LogP contribution in [0.1, 0.15) is 0 Å². The minimum atomic E-state index is -4.08. The number of nitro groups is 1. The van der Waals surface area contributed by atoms with E-state index in [1.807, 2.05) is 0 Å². The lowest BCUT2D eigenvalue weighted by atomic mass is 10.2. The molecule has 2 aromatic carbocycles. The number of rotatable bonds is 4. The molecule has 0 saturated carbocycles. The number of non-ortho nitro benzene ring substituents is 1. The lowest BCUT2D eigenvalue weighted by Gasteiger charge is -2.07. The van der Waals surface area contributed by atoms with Crippen molar-refractivity contribution in [1.29, 1.82) is 0 Å². The van der Waals surface area contributed by atoms with Gasteiger partial charge in [-0.3, -0.25) is 14.8 Å². The van der Waals surface area contributed by atoms with Crippen molar-refractivity contribution in [3.63, 3.8) is 0 Å². The second-order valence-electron chi connectivity index (χ2n) is 4.84. The Bertz CT molecular complexity index is 1090. The van der Waals surface area contributed by atoms with E-state index >= 15 is 0 Å². The number of nitrogens with one attached hydrogen (secondary N) is 1. The molecular weight excluding hydrogens is 336 g/mol. The van der Waals surface area contributed by atoms with E-state index < -0.39 is 20.6 Å². The highest BCUT2D eigenvalue weighted by Gasteiger charge is 2.18. The van der Waals surface area contributed by atoms with Crippen molar-refractivity contribution in [3.05, 3.63) is 75.1 Å². The Hall–Kier alpha value is -3.20. The summed E-state index contributed by atoms with van der Waals surface area (Å²) in [5.41, 5.74) is -0.980. The molecule has 0 radical (unpaired) electrons. The summed E-state index contributed by atoms with van der Waals surface area (Å²) >= 11 is 0. The number of para-hydroxylation sites is 1. The second kappa shape index (κ2) is 5.78. The fourth-order valence-corrected chi connectivity index (χ4v) is 3.13. The molecule has 0 spiro atoms. The normalized spacial score (nSPS) is 11.3. The van der Waals surface area contributed by atoms with Crippen LogP contribution >= 0.6 is 0 Å². The monoisotopic (exact) mass is 346 g/mol. The summed E-state index contributed by atoms with van der Waals surface area (Å²) in [7, 11) is -4.08. The molecule has 0 saturated heterocycles. The zero-order valence-corrected chi connectivity index (χ0v) is 12.8. The van der Waals surface area contributed by atoms with Crippen LogP contribution in [0.3, 0.4) is 0 Å². The van der Waals surface area contributed by atoms with E-state index in [4.69, 9.17) is 4.42 Å². The van der Waals surface area contributed by atoms with Crippen LogP contribution in [0.15, 0.2) is 68.7 Å². The maximum Gasteiger partial charge on any atom is 0.360 e. The van der Waals surface area contributed by atoms with Crippen LogP contribution < -0.4 is 10.3 Å². The highest BCUT2D eigenvalue weighted by Crippen LogP contribution is 2.20. The lowest BCUT2D eigenvalue weighted by molar-refractivity contribution is -0.384. The van der Waals surface area contributed by atoms with Gasteiger partial charge in [0.15, 0.2) is 0 Å². The summed E-state index contributed by atoms with van der Waals surface area (Å²) in [6.07, 6.45) is 0. The third kappa shape index (κ3) is 2.97. The van der Waals surface area contributed by atoms with Gasteiger partial charge < -0.3 is 4.42 Å². The van der Waals surface area contributed by atoms with Gasteiger partial charge in [-0.15, -0.1) is 0 Å². The summed E-state index contributed by atoms with van der Waals surface area (Å²) in [4.78, 5) is 21.7. The minimum Gasteiger partial charge on any atom is -0.421 e. The molecule has 0 fully saturated rings. The standard InChI is InChI=1S/C15H10N2O6S/c18-15-13(9-10-3-1-2-4-14(10)23-15)16-24(21,22)12-7-5-11(6-8-12)17(19)20/h1-9,16H. The van der Waals surface area contributed by atoms with E-state index in [1.54, 1.807) is 24.3 Å². The molecule has 1 aromatic heterocycles. The molecule has 1 N–H and O–H groups in total. The smallest absolute Gasteiger partial charge is 0.360 e. The first kappa shape index (κ1) is 15.7. The molecule has 0 atom stereocenters. The van der Waals surface area contributed by atoms with E-state index in [0.717, 1.165) is 24.3 Å². The Morgan fingerprint density at radius 3 is 2.38 bits per heavy atom. The predicted molar refractivity (Wildman–Crippen MR) is 86.4 cm³/mol. The van der Waals surface area contributed by atoms with E-state index in [2.05, 4.69) is 4.72 Å². The van der Waals surface area contributed by atoms with E-state index in [-0.39, 0.29) is 16.3 Å². The fraction of sp³-hybridized carbons (Fsp3) is 0. The van der Waals surface area contributed by atoms with Crippen molar-refractivity contribution in [2.45, 2.75) is 4.90 Å². The Morgan fingerprint density at radius 2 is 1.71 bits per heavy atom. The van der Waals surface area contributed by atoms with Crippen molar-refractivity contribution in [2.75, 3.05) is 4.72 Å². The number of hydrogen-bond donors (Lipinski definition) is 1. The molecule has 122 valence electrons. The number of benzene rings is 2. The van der Waals surface area contributed by atoms with Crippen LogP contribution in [0, 0.1) is 10.1 Å². The highest BCUT2D eigenvalue weighted by atomic mass is 32.2. The summed E-state index contributed by atoms with van der Waals surface area (Å²) in [5.74, 6) is 0. The molecule has 0 bridgehead atoms. The van der Waals surface area contributed by atoms with Gasteiger partial charge in [-0.05, 0) is 24.3 Å². The molecule has 0 amide bonds. The number of sulfonamides is 1. The first-order chi connectivity index (χ1) is 11.4. The van der Waals surface area contributed by atoms with Crippen LogP contribution in [0.25, 0.3) is 11.0 Å². The average Bonchev–Trinajstić information content (AvgIpc) is 2.55. The number of nitrogens with zero attached hydrogens (tertiary/aromatic N) is 1. The summed E-state index contributed by atoms with van der Waals surface area (Å²) in [6.45, 7) is 0. The van der Waals surface area contributed by atoms with Crippen LogP contribution in [0.5, 0.6) is 0 Å². The molecular formula is C15H10N2O6S. The van der Waals surface area contributed by atoms with E-state index in [9.17, 15) is 23.3 Å². The second-order valence-corrected chi connectivity index (χ2v) is 6.52. The minimum absolute atomic E-state index is 0.208. The Labute approximate surface area is 135 Å². The molecule has 8 nitrogen and oxygen atoms in total. The molecule has 3 rings (SSSR count). The number of anilines is 1. The maximum absolute atomic E-state index is 12.3. The molecule has 3 aromatic rings. The summed E-state index contributed by atoms with van der Waals surface area (Å²) in [5, 5.41) is 11.2. The van der Waals surface area contributed by atoms with Gasteiger partial charge in [0.25, 0.3) is 15.7 Å². The van der Waals surface area contributed by atoms with Gasteiger partial charge >= 0.3 is 5.63 Å². The lowest BCUT2D eigenvalue weighted by Crippen LogP contribution is -2.18. The van der Waals surface area contributed by atoms with Crippen LogP contribution in [-0.4, -0.2) is 13.3 Å². The van der Waals surface area contributed by atoms with Gasteiger partial charge in [-0.2, -0.15) is 0 Å². The van der Waals surface area contributed by atoms with Crippen molar-refractivity contribution >= 4 is 32.4 Å². The SMILES string of the molecule is O=c1oc2ccccc2cc1NS(=O)(=O)c1ccc([N+](=O)[O-])cc1. The van der Waals surface area contributed by atoms with E-state index in [0.29, 0.717) is 11.0 Å². The van der Waals surface area contributed by atoms with Crippen LogP contribution in [0.4, 0.5) is 11.4 Å². The predicted octanol–water partition coefficient (Wildman–Crippen LogP) is 2.50. The summed E-state index contributed by atoms with van der Waals surface area (Å²) in [6, 6.07) is 12.3. The summed E-state index contributed by atoms with van der Waals surface area (Å²) < 4.78 is 31.8. The zero-order valence-electron chi connectivity index (χ0n) is 12.0.